The molecular weight excluding hydrogens is 368 g/mol. The van der Waals surface area contributed by atoms with E-state index in [1.165, 1.54) is 44.9 Å². The van der Waals surface area contributed by atoms with Gasteiger partial charge in [0.2, 0.25) is 0 Å². The van der Waals surface area contributed by atoms with Crippen molar-refractivity contribution in [2.24, 2.45) is 0 Å². The van der Waals surface area contributed by atoms with E-state index in [4.69, 9.17) is 35.7 Å². The molecule has 7 N–H and O–H groups in total. The van der Waals surface area contributed by atoms with E-state index in [1.807, 2.05) is 0 Å². The van der Waals surface area contributed by atoms with Crippen LogP contribution in [0.1, 0.15) is 71.1 Å². The minimum Gasteiger partial charge on any atom is -0.481 e. The predicted octanol–water partition coefficient (Wildman–Crippen LogP) is 1.21. The lowest BCUT2D eigenvalue weighted by molar-refractivity contribution is -0.137. The van der Waals surface area contributed by atoms with Crippen LogP contribution in [0.25, 0.3) is 0 Å². The number of rotatable bonds is 15. The number of aliphatic hydroxyl groups excluding tert-OH is 6. The molecule has 0 aromatic heterocycles. The molecule has 0 saturated heterocycles. The van der Waals surface area contributed by atoms with Crippen LogP contribution in [-0.2, 0) is 4.79 Å². The van der Waals surface area contributed by atoms with Gasteiger partial charge in [-0.2, -0.15) is 0 Å². The van der Waals surface area contributed by atoms with Gasteiger partial charge in [-0.05, 0) is 6.42 Å². The van der Waals surface area contributed by atoms with Crippen LogP contribution in [0, 0.1) is 0 Å². The van der Waals surface area contributed by atoms with Crippen molar-refractivity contribution in [1.29, 1.82) is 0 Å². The first-order chi connectivity index (χ1) is 13.3. The molecule has 0 aromatic carbocycles. The van der Waals surface area contributed by atoms with Crippen LogP contribution >= 0.6 is 0 Å². The number of carboxylic acid groups (broad SMARTS) is 1. The first-order valence-electron chi connectivity index (χ1n) is 9.97. The van der Waals surface area contributed by atoms with Crippen molar-refractivity contribution in [2.45, 2.75) is 95.5 Å². The lowest BCUT2D eigenvalue weighted by Gasteiger charge is -2.24. The fourth-order valence-corrected chi connectivity index (χ4v) is 2.26. The number of hydrogen-bond donors (Lipinski definition) is 7. The monoisotopic (exact) mass is 410 g/mol. The van der Waals surface area contributed by atoms with E-state index in [0.29, 0.717) is 6.42 Å². The number of unbranched alkanes of at least 4 members (excludes halogenated alkanes) is 8. The van der Waals surface area contributed by atoms with Crippen molar-refractivity contribution in [3.63, 3.8) is 0 Å². The molecule has 0 aliphatic rings. The molecule has 0 rings (SSSR count). The molecule has 0 spiro atoms. The van der Waals surface area contributed by atoms with Crippen LogP contribution in [0.15, 0.2) is 13.2 Å². The summed E-state index contributed by atoms with van der Waals surface area (Å²) >= 11 is 0. The van der Waals surface area contributed by atoms with E-state index in [1.54, 1.807) is 0 Å². The van der Waals surface area contributed by atoms with Crippen molar-refractivity contribution < 1.29 is 40.5 Å². The number of hydrogen-bond acceptors (Lipinski definition) is 7. The number of aliphatic carboxylic acids is 1. The standard InChI is InChI=1S/C12H24O2.C6H14O6.C2H4/c1-2-3-4-5-6-7-8-9-10-11-12(13)14;7-1-3(9)5(11)6(12)4(10)2-8;1-2/h2-11H2,1H3,(H,13,14);3-12H,1-2H2;1-2H2. The number of aliphatic hydroxyl groups is 6. The van der Waals surface area contributed by atoms with Gasteiger partial charge in [-0.3, -0.25) is 4.79 Å². The first-order valence-corrected chi connectivity index (χ1v) is 9.97. The molecule has 0 saturated carbocycles. The Morgan fingerprint density at radius 3 is 1.32 bits per heavy atom. The Labute approximate surface area is 169 Å². The van der Waals surface area contributed by atoms with Gasteiger partial charge in [0.05, 0.1) is 13.2 Å². The number of carboxylic acids is 1. The van der Waals surface area contributed by atoms with Crippen molar-refractivity contribution in [2.75, 3.05) is 13.2 Å². The lowest BCUT2D eigenvalue weighted by atomic mass is 10.0. The molecule has 0 aromatic rings. The van der Waals surface area contributed by atoms with Crippen molar-refractivity contribution >= 4 is 5.97 Å². The SMILES string of the molecule is C=C.CCCCCCCCCCCC(=O)O.OCC(O)C(O)C(O)C(O)CO. The van der Waals surface area contributed by atoms with E-state index in [-0.39, 0.29) is 0 Å². The summed E-state index contributed by atoms with van der Waals surface area (Å²) in [5.74, 6) is -0.659. The highest BCUT2D eigenvalue weighted by molar-refractivity contribution is 5.66. The van der Waals surface area contributed by atoms with E-state index >= 15 is 0 Å². The Morgan fingerprint density at radius 2 is 1.04 bits per heavy atom. The molecule has 170 valence electrons. The average Bonchev–Trinajstić information content (AvgIpc) is 2.71. The summed E-state index contributed by atoms with van der Waals surface area (Å²) in [7, 11) is 0. The second-order valence-electron chi connectivity index (χ2n) is 6.45. The smallest absolute Gasteiger partial charge is 0.303 e. The highest BCUT2D eigenvalue weighted by atomic mass is 16.4. The fourth-order valence-electron chi connectivity index (χ4n) is 2.26. The molecular formula is C20H42O8. The van der Waals surface area contributed by atoms with Gasteiger partial charge in [0.15, 0.2) is 0 Å². The highest BCUT2D eigenvalue weighted by Gasteiger charge is 2.29. The van der Waals surface area contributed by atoms with E-state index in [9.17, 15) is 4.79 Å². The molecule has 0 amide bonds. The largest absolute Gasteiger partial charge is 0.481 e. The molecule has 0 radical (unpaired) electrons. The molecule has 0 fully saturated rings. The summed E-state index contributed by atoms with van der Waals surface area (Å²) in [6.07, 6.45) is 5.09. The summed E-state index contributed by atoms with van der Waals surface area (Å²) in [4.78, 5) is 10.2. The summed E-state index contributed by atoms with van der Waals surface area (Å²) in [6, 6.07) is 0. The summed E-state index contributed by atoms with van der Waals surface area (Å²) in [6.45, 7) is 6.78. The molecule has 8 heteroatoms. The Morgan fingerprint density at radius 1 is 0.714 bits per heavy atom. The van der Waals surface area contributed by atoms with Crippen molar-refractivity contribution in [1.82, 2.24) is 0 Å². The molecule has 0 bridgehead atoms. The zero-order valence-electron chi connectivity index (χ0n) is 17.2. The predicted molar refractivity (Wildman–Crippen MR) is 109 cm³/mol. The second-order valence-corrected chi connectivity index (χ2v) is 6.45. The van der Waals surface area contributed by atoms with Gasteiger partial charge in [0, 0.05) is 6.42 Å². The fraction of sp³-hybridized carbons (Fsp3) is 0.850. The van der Waals surface area contributed by atoms with E-state index < -0.39 is 43.6 Å². The van der Waals surface area contributed by atoms with Crippen LogP contribution in [-0.4, -0.2) is 79.3 Å². The summed E-state index contributed by atoms with van der Waals surface area (Å²) in [5, 5.41) is 60.6. The van der Waals surface area contributed by atoms with Gasteiger partial charge in [-0.1, -0.05) is 58.3 Å². The van der Waals surface area contributed by atoms with Gasteiger partial charge < -0.3 is 35.7 Å². The summed E-state index contributed by atoms with van der Waals surface area (Å²) < 4.78 is 0. The average molecular weight is 411 g/mol. The third kappa shape index (κ3) is 21.3. The highest BCUT2D eigenvalue weighted by Crippen LogP contribution is 2.10. The van der Waals surface area contributed by atoms with Crippen molar-refractivity contribution in [3.05, 3.63) is 13.2 Å². The topological polar surface area (TPSA) is 159 Å². The maximum atomic E-state index is 10.2. The Kier molecular flexibility index (Phi) is 27.1. The number of carbonyl (C=O) groups is 1. The molecule has 4 unspecified atom stereocenters. The second kappa shape index (κ2) is 24.0. The molecule has 0 heterocycles. The molecule has 0 aliphatic heterocycles. The van der Waals surface area contributed by atoms with Crippen LogP contribution in [0.2, 0.25) is 0 Å². The molecule has 4 atom stereocenters. The van der Waals surface area contributed by atoms with Gasteiger partial charge in [0.25, 0.3) is 0 Å². The maximum absolute atomic E-state index is 10.2. The Balaban J connectivity index is -0.000000414. The molecule has 0 aliphatic carbocycles. The van der Waals surface area contributed by atoms with Crippen LogP contribution in [0.4, 0.5) is 0 Å². The Bertz CT molecular complexity index is 313. The van der Waals surface area contributed by atoms with E-state index in [0.717, 1.165) is 12.8 Å². The third-order valence-corrected chi connectivity index (χ3v) is 4.01. The lowest BCUT2D eigenvalue weighted by Crippen LogP contribution is -2.46. The quantitative estimate of drug-likeness (QED) is 0.157. The molecule has 8 nitrogen and oxygen atoms in total. The minimum absolute atomic E-state index is 0.343. The van der Waals surface area contributed by atoms with Crippen molar-refractivity contribution in [3.8, 4) is 0 Å². The van der Waals surface area contributed by atoms with Gasteiger partial charge >= 0.3 is 5.97 Å². The van der Waals surface area contributed by atoms with Crippen LogP contribution in [0.5, 0.6) is 0 Å². The van der Waals surface area contributed by atoms with Gasteiger partial charge in [0.1, 0.15) is 24.4 Å². The Hall–Kier alpha value is -1.03. The zero-order valence-corrected chi connectivity index (χ0v) is 17.2. The normalized spacial score (nSPS) is 14.5. The van der Waals surface area contributed by atoms with Crippen LogP contribution < -0.4 is 0 Å². The minimum atomic E-state index is -1.67. The third-order valence-electron chi connectivity index (χ3n) is 4.01. The van der Waals surface area contributed by atoms with Gasteiger partial charge in [-0.15, -0.1) is 13.2 Å². The van der Waals surface area contributed by atoms with Crippen LogP contribution in [0.3, 0.4) is 0 Å². The van der Waals surface area contributed by atoms with Gasteiger partial charge in [-0.25, -0.2) is 0 Å². The zero-order chi connectivity index (χ0) is 22.4. The molecule has 28 heavy (non-hydrogen) atoms. The van der Waals surface area contributed by atoms with E-state index in [2.05, 4.69) is 20.1 Å². The first kappa shape index (κ1) is 31.7. The maximum Gasteiger partial charge on any atom is 0.303 e. The summed E-state index contributed by atoms with van der Waals surface area (Å²) in [5.41, 5.74) is 0.